The van der Waals surface area contributed by atoms with Crippen molar-refractivity contribution in [1.29, 1.82) is 0 Å². The Balaban J connectivity index is 1.37. The molecule has 0 amide bonds. The number of alkyl halides is 1. The summed E-state index contributed by atoms with van der Waals surface area (Å²) in [5.41, 5.74) is 0. The molecule has 0 aromatic rings. The number of fused-ring (bicyclic) bond motifs is 1. The van der Waals surface area contributed by atoms with Crippen molar-refractivity contribution >= 4 is 22.6 Å². The van der Waals surface area contributed by atoms with Crippen LogP contribution in [0.5, 0.6) is 0 Å². The number of hydrogen-bond acceptors (Lipinski definition) is 0. The van der Waals surface area contributed by atoms with E-state index in [0.29, 0.717) is 0 Å². The summed E-state index contributed by atoms with van der Waals surface area (Å²) in [4.78, 5) is 0. The molecule has 3 aliphatic rings. The van der Waals surface area contributed by atoms with Gasteiger partial charge in [-0.05, 0) is 81.0 Å². The van der Waals surface area contributed by atoms with Crippen molar-refractivity contribution < 1.29 is 0 Å². The summed E-state index contributed by atoms with van der Waals surface area (Å²) in [6, 6.07) is 0. The predicted molar refractivity (Wildman–Crippen MR) is 106 cm³/mol. The van der Waals surface area contributed by atoms with Crippen LogP contribution in [-0.4, -0.2) is 3.92 Å². The monoisotopic (exact) mass is 416 g/mol. The van der Waals surface area contributed by atoms with Gasteiger partial charge < -0.3 is 0 Å². The fourth-order valence-electron chi connectivity index (χ4n) is 5.90. The third-order valence-corrected chi connectivity index (χ3v) is 8.53. The maximum atomic E-state index is 2.67. The van der Waals surface area contributed by atoms with E-state index in [1.54, 1.807) is 51.4 Å². The van der Waals surface area contributed by atoms with Crippen LogP contribution in [0, 0.1) is 29.6 Å². The Morgan fingerprint density at radius 2 is 1.14 bits per heavy atom. The van der Waals surface area contributed by atoms with Crippen LogP contribution in [0.3, 0.4) is 0 Å². The minimum Gasteiger partial charge on any atom is -0.0826 e. The fraction of sp³-hybridized carbons (Fsp3) is 1.00. The van der Waals surface area contributed by atoms with Gasteiger partial charge in [0.2, 0.25) is 0 Å². The zero-order chi connectivity index (χ0) is 15.4. The first-order valence-corrected chi connectivity index (χ1v) is 11.6. The molecule has 0 heterocycles. The first-order valence-electron chi connectivity index (χ1n) is 10.4. The summed E-state index contributed by atoms with van der Waals surface area (Å²) < 4.78 is 0.989. The summed E-state index contributed by atoms with van der Waals surface area (Å²) in [7, 11) is 0. The molecular formula is C21H37I. The molecule has 0 aromatic carbocycles. The Bertz CT molecular complexity index is 318. The average molecular weight is 416 g/mol. The van der Waals surface area contributed by atoms with Crippen molar-refractivity contribution in [2.24, 2.45) is 29.6 Å². The largest absolute Gasteiger partial charge is 0.0826 e. The Labute approximate surface area is 152 Å². The third-order valence-electron chi connectivity index (χ3n) is 7.29. The minimum atomic E-state index is 0.989. The highest BCUT2D eigenvalue weighted by molar-refractivity contribution is 14.1. The van der Waals surface area contributed by atoms with Gasteiger partial charge in [0.15, 0.2) is 0 Å². The molecule has 1 heteroatoms. The summed E-state index contributed by atoms with van der Waals surface area (Å²) in [5.74, 6) is 5.52. The zero-order valence-electron chi connectivity index (χ0n) is 14.7. The molecule has 4 atom stereocenters. The Morgan fingerprint density at radius 1 is 0.636 bits per heavy atom. The molecule has 0 aromatic heterocycles. The molecule has 128 valence electrons. The van der Waals surface area contributed by atoms with Gasteiger partial charge in [-0.15, -0.1) is 0 Å². The van der Waals surface area contributed by atoms with E-state index in [9.17, 15) is 0 Å². The maximum Gasteiger partial charge on any atom is 0.0110 e. The molecular weight excluding hydrogens is 379 g/mol. The molecule has 0 spiro atoms. The lowest BCUT2D eigenvalue weighted by molar-refractivity contribution is 0.0888. The highest BCUT2D eigenvalue weighted by Crippen LogP contribution is 2.47. The second-order valence-electron chi connectivity index (χ2n) is 8.86. The van der Waals surface area contributed by atoms with Gasteiger partial charge in [-0.1, -0.05) is 68.0 Å². The third kappa shape index (κ3) is 4.86. The van der Waals surface area contributed by atoms with E-state index < -0.39 is 0 Å². The lowest BCUT2D eigenvalue weighted by Gasteiger charge is -2.42. The van der Waals surface area contributed by atoms with Crippen LogP contribution in [0.4, 0.5) is 0 Å². The molecule has 3 fully saturated rings. The summed E-state index contributed by atoms with van der Waals surface area (Å²) in [6.07, 6.45) is 21.6. The smallest absolute Gasteiger partial charge is 0.0110 e. The molecule has 0 aliphatic heterocycles. The normalized spacial score (nSPS) is 42.8. The van der Waals surface area contributed by atoms with E-state index in [2.05, 4.69) is 29.5 Å². The van der Waals surface area contributed by atoms with Crippen molar-refractivity contribution in [3.63, 3.8) is 0 Å². The molecule has 22 heavy (non-hydrogen) atoms. The molecule has 3 saturated carbocycles. The molecule has 3 rings (SSSR count). The van der Waals surface area contributed by atoms with Gasteiger partial charge in [0.25, 0.3) is 0 Å². The molecule has 4 unspecified atom stereocenters. The van der Waals surface area contributed by atoms with Gasteiger partial charge in [-0.3, -0.25) is 0 Å². The summed E-state index contributed by atoms with van der Waals surface area (Å²) >= 11 is 2.67. The topological polar surface area (TPSA) is 0 Å². The molecule has 0 radical (unpaired) electrons. The van der Waals surface area contributed by atoms with Crippen LogP contribution in [0.2, 0.25) is 0 Å². The Hall–Kier alpha value is 0.730. The highest BCUT2D eigenvalue weighted by atomic mass is 127. The predicted octanol–water partition coefficient (Wildman–Crippen LogP) is 7.39. The molecule has 0 nitrogen and oxygen atoms in total. The van der Waals surface area contributed by atoms with Crippen molar-refractivity contribution in [2.75, 3.05) is 0 Å². The van der Waals surface area contributed by atoms with Crippen molar-refractivity contribution in [3.05, 3.63) is 0 Å². The van der Waals surface area contributed by atoms with Gasteiger partial charge in [-0.2, -0.15) is 0 Å². The summed E-state index contributed by atoms with van der Waals surface area (Å²) in [5, 5.41) is 0. The standard InChI is InChI=1S/C21H37I/c1-2-3-17-6-10-20-15-18(7-11-19(20)14-17)5-4-16-8-12-21(22)13-9-16/h16-21H,2-15H2,1H3. The van der Waals surface area contributed by atoms with Crippen LogP contribution >= 0.6 is 22.6 Å². The molecule has 0 bridgehead atoms. The number of rotatable bonds is 5. The van der Waals surface area contributed by atoms with E-state index in [1.807, 2.05) is 0 Å². The van der Waals surface area contributed by atoms with E-state index >= 15 is 0 Å². The SMILES string of the molecule is CCCC1CCC2CC(CCC3CCC(I)CC3)CCC2C1. The van der Waals surface area contributed by atoms with E-state index in [0.717, 1.165) is 33.5 Å². The maximum absolute atomic E-state index is 2.67. The van der Waals surface area contributed by atoms with Crippen LogP contribution in [0.25, 0.3) is 0 Å². The fourth-order valence-corrected chi connectivity index (χ4v) is 6.62. The van der Waals surface area contributed by atoms with Gasteiger partial charge in [0.1, 0.15) is 0 Å². The zero-order valence-corrected chi connectivity index (χ0v) is 16.9. The van der Waals surface area contributed by atoms with Gasteiger partial charge in [0, 0.05) is 3.92 Å². The van der Waals surface area contributed by atoms with Crippen LogP contribution < -0.4 is 0 Å². The van der Waals surface area contributed by atoms with E-state index in [-0.39, 0.29) is 0 Å². The average Bonchev–Trinajstić information content (AvgIpc) is 2.54. The second-order valence-corrected chi connectivity index (χ2v) is 10.6. The van der Waals surface area contributed by atoms with E-state index in [4.69, 9.17) is 0 Å². The minimum absolute atomic E-state index is 0.989. The lowest BCUT2D eigenvalue weighted by atomic mass is 9.63. The number of hydrogen-bond donors (Lipinski definition) is 0. The highest BCUT2D eigenvalue weighted by Gasteiger charge is 2.35. The molecule has 0 saturated heterocycles. The second kappa shape index (κ2) is 8.72. The van der Waals surface area contributed by atoms with Gasteiger partial charge in [0.05, 0.1) is 0 Å². The van der Waals surface area contributed by atoms with Crippen molar-refractivity contribution in [3.8, 4) is 0 Å². The van der Waals surface area contributed by atoms with Crippen LogP contribution in [-0.2, 0) is 0 Å². The van der Waals surface area contributed by atoms with Crippen molar-refractivity contribution in [1.82, 2.24) is 0 Å². The number of halogens is 1. The van der Waals surface area contributed by atoms with Gasteiger partial charge in [-0.25, -0.2) is 0 Å². The Morgan fingerprint density at radius 3 is 1.73 bits per heavy atom. The first-order chi connectivity index (χ1) is 10.7. The summed E-state index contributed by atoms with van der Waals surface area (Å²) in [6.45, 7) is 2.37. The first kappa shape index (κ1) is 17.5. The molecule has 3 aliphatic carbocycles. The van der Waals surface area contributed by atoms with Gasteiger partial charge >= 0.3 is 0 Å². The molecule has 0 N–H and O–H groups in total. The van der Waals surface area contributed by atoms with Crippen LogP contribution in [0.1, 0.15) is 96.8 Å². The lowest BCUT2D eigenvalue weighted by Crippen LogP contribution is -2.31. The van der Waals surface area contributed by atoms with Crippen LogP contribution in [0.15, 0.2) is 0 Å². The quantitative estimate of drug-likeness (QED) is 0.324. The Kier molecular flexibility index (Phi) is 6.95. The van der Waals surface area contributed by atoms with E-state index in [1.165, 1.54) is 38.5 Å². The van der Waals surface area contributed by atoms with Crippen molar-refractivity contribution in [2.45, 2.75) is 101 Å².